The molecule has 1 saturated heterocycles. The van der Waals surface area contributed by atoms with Gasteiger partial charge in [0.05, 0.1) is 6.61 Å². The summed E-state index contributed by atoms with van der Waals surface area (Å²) in [7, 11) is 0. The zero-order valence-electron chi connectivity index (χ0n) is 13.9. The van der Waals surface area contributed by atoms with Crippen molar-refractivity contribution in [1.82, 2.24) is 10.2 Å². The minimum Gasteiger partial charge on any atom is -0.465 e. The van der Waals surface area contributed by atoms with Gasteiger partial charge in [0.1, 0.15) is 5.54 Å². The van der Waals surface area contributed by atoms with E-state index in [1.54, 1.807) is 0 Å². The summed E-state index contributed by atoms with van der Waals surface area (Å²) in [6.07, 6.45) is 3.09. The highest BCUT2D eigenvalue weighted by Crippen LogP contribution is 2.24. The van der Waals surface area contributed by atoms with Crippen LogP contribution in [0.25, 0.3) is 0 Å². The van der Waals surface area contributed by atoms with Crippen molar-refractivity contribution in [2.45, 2.75) is 65.5 Å². The molecule has 0 bridgehead atoms. The van der Waals surface area contributed by atoms with Crippen LogP contribution in [0.1, 0.15) is 53.9 Å². The quantitative estimate of drug-likeness (QED) is 0.695. The number of rotatable bonds is 8. The van der Waals surface area contributed by atoms with E-state index in [0.29, 0.717) is 12.6 Å². The van der Waals surface area contributed by atoms with Gasteiger partial charge in [-0.2, -0.15) is 0 Å². The summed E-state index contributed by atoms with van der Waals surface area (Å²) < 4.78 is 5.27. The van der Waals surface area contributed by atoms with Crippen LogP contribution in [0.2, 0.25) is 0 Å². The largest absolute Gasteiger partial charge is 0.465 e. The van der Waals surface area contributed by atoms with Crippen LogP contribution < -0.4 is 5.32 Å². The number of nitrogens with zero attached hydrogens (tertiary/aromatic N) is 1. The van der Waals surface area contributed by atoms with Crippen molar-refractivity contribution in [2.75, 3.05) is 26.2 Å². The van der Waals surface area contributed by atoms with Crippen LogP contribution in [0.3, 0.4) is 0 Å². The first-order chi connectivity index (χ1) is 9.42. The van der Waals surface area contributed by atoms with Crippen LogP contribution >= 0.6 is 0 Å². The van der Waals surface area contributed by atoms with Crippen LogP contribution in [0.15, 0.2) is 0 Å². The average molecular weight is 284 g/mol. The maximum atomic E-state index is 12.3. The van der Waals surface area contributed by atoms with Crippen LogP contribution in [-0.2, 0) is 9.53 Å². The standard InChI is InChI=1S/C16H32N2O2/c1-6-9-17-16(5,15(19)20-7-2)11-14(4)18-10-8-13(3)12-18/h13-14,17H,6-12H2,1-5H3. The van der Waals surface area contributed by atoms with Crippen molar-refractivity contribution < 1.29 is 9.53 Å². The molecule has 4 nitrogen and oxygen atoms in total. The average Bonchev–Trinajstić information content (AvgIpc) is 2.83. The SMILES string of the molecule is CCCNC(C)(CC(C)N1CCC(C)C1)C(=O)OCC. The lowest BCUT2D eigenvalue weighted by molar-refractivity contribution is -0.151. The second-order valence-electron chi connectivity index (χ2n) is 6.42. The summed E-state index contributed by atoms with van der Waals surface area (Å²) in [5.41, 5.74) is -0.572. The molecular formula is C16H32N2O2. The third-order valence-corrected chi connectivity index (χ3v) is 4.27. The number of likely N-dealkylation sites (tertiary alicyclic amines) is 1. The van der Waals surface area contributed by atoms with E-state index in [-0.39, 0.29) is 5.97 Å². The van der Waals surface area contributed by atoms with Crippen molar-refractivity contribution in [3.05, 3.63) is 0 Å². The number of carbonyl (C=O) groups excluding carboxylic acids is 1. The van der Waals surface area contributed by atoms with E-state index in [0.717, 1.165) is 38.4 Å². The molecule has 0 spiro atoms. The van der Waals surface area contributed by atoms with Gasteiger partial charge in [-0.05, 0) is 59.0 Å². The van der Waals surface area contributed by atoms with Crippen molar-refractivity contribution in [2.24, 2.45) is 5.92 Å². The molecule has 1 heterocycles. The molecule has 0 amide bonds. The van der Waals surface area contributed by atoms with Gasteiger partial charge < -0.3 is 15.0 Å². The van der Waals surface area contributed by atoms with Crippen LogP contribution in [0.5, 0.6) is 0 Å². The topological polar surface area (TPSA) is 41.6 Å². The highest BCUT2D eigenvalue weighted by Gasteiger charge is 2.37. The molecule has 118 valence electrons. The molecular weight excluding hydrogens is 252 g/mol. The summed E-state index contributed by atoms with van der Waals surface area (Å²) in [6.45, 7) is 14.1. The summed E-state index contributed by atoms with van der Waals surface area (Å²) >= 11 is 0. The Kier molecular flexibility index (Phi) is 6.96. The van der Waals surface area contributed by atoms with Crippen LogP contribution in [-0.4, -0.2) is 48.7 Å². The highest BCUT2D eigenvalue weighted by atomic mass is 16.5. The van der Waals surface area contributed by atoms with Gasteiger partial charge in [0.15, 0.2) is 0 Å². The second kappa shape index (κ2) is 7.99. The molecule has 3 atom stereocenters. The Bertz CT molecular complexity index is 309. The Morgan fingerprint density at radius 1 is 1.50 bits per heavy atom. The maximum absolute atomic E-state index is 12.3. The highest BCUT2D eigenvalue weighted by molar-refractivity contribution is 5.80. The fraction of sp³-hybridized carbons (Fsp3) is 0.938. The van der Waals surface area contributed by atoms with Gasteiger partial charge in [0.2, 0.25) is 0 Å². The van der Waals surface area contributed by atoms with Gasteiger partial charge in [-0.15, -0.1) is 0 Å². The molecule has 1 aliphatic heterocycles. The fourth-order valence-electron chi connectivity index (χ4n) is 3.01. The zero-order chi connectivity index (χ0) is 15.2. The number of hydrogen-bond donors (Lipinski definition) is 1. The molecule has 4 heteroatoms. The first-order valence-corrected chi connectivity index (χ1v) is 8.09. The van der Waals surface area contributed by atoms with E-state index in [1.165, 1.54) is 6.42 Å². The van der Waals surface area contributed by atoms with Crippen molar-refractivity contribution in [1.29, 1.82) is 0 Å². The van der Waals surface area contributed by atoms with Crippen molar-refractivity contribution in [3.8, 4) is 0 Å². The van der Waals surface area contributed by atoms with E-state index in [9.17, 15) is 4.79 Å². The number of nitrogens with one attached hydrogen (secondary N) is 1. The van der Waals surface area contributed by atoms with Gasteiger partial charge in [-0.25, -0.2) is 0 Å². The molecule has 0 aromatic heterocycles. The molecule has 0 radical (unpaired) electrons. The van der Waals surface area contributed by atoms with E-state index in [2.05, 4.69) is 31.0 Å². The summed E-state index contributed by atoms with van der Waals surface area (Å²) in [4.78, 5) is 14.8. The molecule has 1 fully saturated rings. The Morgan fingerprint density at radius 2 is 2.20 bits per heavy atom. The first kappa shape index (κ1) is 17.4. The third-order valence-electron chi connectivity index (χ3n) is 4.27. The monoisotopic (exact) mass is 284 g/mol. The minimum atomic E-state index is -0.572. The van der Waals surface area contributed by atoms with E-state index in [1.807, 2.05) is 13.8 Å². The summed E-state index contributed by atoms with van der Waals surface area (Å²) in [5.74, 6) is 0.655. The van der Waals surface area contributed by atoms with E-state index < -0.39 is 5.54 Å². The smallest absolute Gasteiger partial charge is 0.326 e. The Balaban J connectivity index is 2.65. The molecule has 1 rings (SSSR count). The van der Waals surface area contributed by atoms with Crippen molar-refractivity contribution in [3.63, 3.8) is 0 Å². The molecule has 3 unspecified atom stereocenters. The second-order valence-corrected chi connectivity index (χ2v) is 6.42. The number of esters is 1. The molecule has 1 aliphatic rings. The maximum Gasteiger partial charge on any atom is 0.326 e. The lowest BCUT2D eigenvalue weighted by atomic mass is 9.92. The van der Waals surface area contributed by atoms with Crippen LogP contribution in [0.4, 0.5) is 0 Å². The van der Waals surface area contributed by atoms with Gasteiger partial charge in [-0.3, -0.25) is 4.79 Å². The summed E-state index contributed by atoms with van der Waals surface area (Å²) in [5, 5.41) is 3.39. The number of hydrogen-bond acceptors (Lipinski definition) is 4. The number of ether oxygens (including phenoxy) is 1. The Morgan fingerprint density at radius 3 is 2.70 bits per heavy atom. The van der Waals surface area contributed by atoms with Crippen molar-refractivity contribution >= 4 is 5.97 Å². The first-order valence-electron chi connectivity index (χ1n) is 8.09. The third kappa shape index (κ3) is 4.74. The molecule has 1 N–H and O–H groups in total. The molecule has 0 saturated carbocycles. The van der Waals surface area contributed by atoms with Crippen LogP contribution in [0, 0.1) is 5.92 Å². The minimum absolute atomic E-state index is 0.118. The van der Waals surface area contributed by atoms with E-state index in [4.69, 9.17) is 4.74 Å². The molecule has 0 aromatic carbocycles. The Labute approximate surface area is 124 Å². The van der Waals surface area contributed by atoms with Gasteiger partial charge >= 0.3 is 5.97 Å². The fourth-order valence-corrected chi connectivity index (χ4v) is 3.01. The normalized spacial score (nSPS) is 24.4. The zero-order valence-corrected chi connectivity index (χ0v) is 13.9. The Hall–Kier alpha value is -0.610. The predicted molar refractivity (Wildman–Crippen MR) is 82.8 cm³/mol. The van der Waals surface area contributed by atoms with Gasteiger partial charge in [-0.1, -0.05) is 13.8 Å². The molecule has 0 aliphatic carbocycles. The number of carbonyl (C=O) groups is 1. The molecule has 0 aromatic rings. The lowest BCUT2D eigenvalue weighted by Crippen LogP contribution is -2.54. The molecule has 20 heavy (non-hydrogen) atoms. The predicted octanol–water partition coefficient (Wildman–Crippen LogP) is 2.43. The van der Waals surface area contributed by atoms with Gasteiger partial charge in [0, 0.05) is 12.6 Å². The van der Waals surface area contributed by atoms with E-state index >= 15 is 0 Å². The van der Waals surface area contributed by atoms with Gasteiger partial charge in [0.25, 0.3) is 0 Å². The summed E-state index contributed by atoms with van der Waals surface area (Å²) in [6, 6.07) is 0.402. The lowest BCUT2D eigenvalue weighted by Gasteiger charge is -2.34.